The molecule has 5 heteroatoms. The van der Waals surface area contributed by atoms with Crippen LogP contribution in [0.2, 0.25) is 0 Å². The van der Waals surface area contributed by atoms with Gasteiger partial charge in [-0.15, -0.1) is 0 Å². The Morgan fingerprint density at radius 2 is 2.00 bits per heavy atom. The number of methoxy groups -OCH3 is 2. The Bertz CT molecular complexity index is 124. The van der Waals surface area contributed by atoms with E-state index in [0.717, 1.165) is 0 Å². The molecule has 0 rings (SSSR count). The summed E-state index contributed by atoms with van der Waals surface area (Å²) < 4.78 is 9.46. The van der Waals surface area contributed by atoms with Gasteiger partial charge in [0.25, 0.3) is 0 Å². The largest absolute Gasteiger partial charge is 0.481 e. The van der Waals surface area contributed by atoms with Crippen LogP contribution in [0, 0.1) is 5.92 Å². The van der Waals surface area contributed by atoms with E-state index < -0.39 is 18.2 Å². The van der Waals surface area contributed by atoms with E-state index in [0.29, 0.717) is 0 Å². The minimum atomic E-state index is -1.01. The zero-order valence-electron chi connectivity index (χ0n) is 6.61. The molecular formula is C6H13NO4. The van der Waals surface area contributed by atoms with Crippen molar-refractivity contribution in [2.75, 3.05) is 20.8 Å². The third-order valence-electron chi connectivity index (χ3n) is 1.36. The lowest BCUT2D eigenvalue weighted by atomic mass is 10.1. The first-order chi connectivity index (χ1) is 5.17. The van der Waals surface area contributed by atoms with Gasteiger partial charge in [-0.25, -0.2) is 0 Å². The highest BCUT2D eigenvalue weighted by Crippen LogP contribution is 2.06. The number of aliphatic carboxylic acids is 1. The summed E-state index contributed by atoms with van der Waals surface area (Å²) in [5.74, 6) is -1.81. The lowest BCUT2D eigenvalue weighted by Gasteiger charge is -2.19. The van der Waals surface area contributed by atoms with Gasteiger partial charge in [0.15, 0.2) is 6.29 Å². The predicted octanol–water partition coefficient (Wildman–Crippen LogP) is -0.735. The van der Waals surface area contributed by atoms with Crippen LogP contribution in [0.25, 0.3) is 0 Å². The SMILES string of the molecule is COC(OC)C(CN)C(=O)O. The fourth-order valence-corrected chi connectivity index (χ4v) is 0.753. The summed E-state index contributed by atoms with van der Waals surface area (Å²) >= 11 is 0. The molecule has 66 valence electrons. The highest BCUT2D eigenvalue weighted by Gasteiger charge is 2.26. The average Bonchev–Trinajstić information content (AvgIpc) is 1.99. The lowest BCUT2D eigenvalue weighted by molar-refractivity contribution is -0.170. The van der Waals surface area contributed by atoms with Crippen molar-refractivity contribution >= 4 is 5.97 Å². The van der Waals surface area contributed by atoms with Gasteiger partial charge in [-0.1, -0.05) is 0 Å². The molecule has 0 aliphatic heterocycles. The molecule has 11 heavy (non-hydrogen) atoms. The Balaban J connectivity index is 4.09. The lowest BCUT2D eigenvalue weighted by Crippen LogP contribution is -2.36. The van der Waals surface area contributed by atoms with Crippen molar-refractivity contribution in [1.29, 1.82) is 0 Å². The molecule has 1 unspecified atom stereocenters. The van der Waals surface area contributed by atoms with Crippen molar-refractivity contribution in [3.8, 4) is 0 Å². The number of carboxylic acids is 1. The Morgan fingerprint density at radius 1 is 1.55 bits per heavy atom. The van der Waals surface area contributed by atoms with Crippen LogP contribution in [-0.4, -0.2) is 38.1 Å². The second-order valence-corrected chi connectivity index (χ2v) is 2.02. The minimum Gasteiger partial charge on any atom is -0.481 e. The number of carboxylic acid groups (broad SMARTS) is 1. The molecule has 0 spiro atoms. The molecule has 0 saturated heterocycles. The van der Waals surface area contributed by atoms with E-state index in [9.17, 15) is 4.79 Å². The smallest absolute Gasteiger partial charge is 0.312 e. The van der Waals surface area contributed by atoms with Crippen LogP contribution < -0.4 is 5.73 Å². The first kappa shape index (κ1) is 10.3. The topological polar surface area (TPSA) is 81.8 Å². The van der Waals surface area contributed by atoms with Crippen molar-refractivity contribution in [3.63, 3.8) is 0 Å². The highest BCUT2D eigenvalue weighted by atomic mass is 16.7. The zero-order chi connectivity index (χ0) is 8.85. The summed E-state index contributed by atoms with van der Waals surface area (Å²) in [5.41, 5.74) is 5.18. The molecule has 5 nitrogen and oxygen atoms in total. The summed E-state index contributed by atoms with van der Waals surface area (Å²) in [4.78, 5) is 10.4. The number of nitrogens with two attached hydrogens (primary N) is 1. The Hall–Kier alpha value is -0.650. The number of ether oxygens (including phenoxy) is 2. The van der Waals surface area contributed by atoms with Gasteiger partial charge in [-0.3, -0.25) is 4.79 Å². The third-order valence-corrected chi connectivity index (χ3v) is 1.36. The van der Waals surface area contributed by atoms with Crippen LogP contribution in [0.3, 0.4) is 0 Å². The van der Waals surface area contributed by atoms with Crippen molar-refractivity contribution in [1.82, 2.24) is 0 Å². The molecule has 0 saturated carbocycles. The molecule has 0 fully saturated rings. The second kappa shape index (κ2) is 5.06. The molecule has 0 radical (unpaired) electrons. The summed E-state index contributed by atoms with van der Waals surface area (Å²) in [6.07, 6.45) is -0.766. The van der Waals surface area contributed by atoms with Crippen molar-refractivity contribution in [2.45, 2.75) is 6.29 Å². The van der Waals surface area contributed by atoms with Gasteiger partial charge < -0.3 is 20.3 Å². The van der Waals surface area contributed by atoms with Crippen molar-refractivity contribution < 1.29 is 19.4 Å². The summed E-state index contributed by atoms with van der Waals surface area (Å²) in [6.45, 7) is 0.00167. The summed E-state index contributed by atoms with van der Waals surface area (Å²) in [5, 5.41) is 8.57. The highest BCUT2D eigenvalue weighted by molar-refractivity contribution is 5.70. The molecule has 0 aromatic carbocycles. The monoisotopic (exact) mass is 163 g/mol. The molecule has 3 N–H and O–H groups in total. The van der Waals surface area contributed by atoms with Gasteiger partial charge in [0.2, 0.25) is 0 Å². The predicted molar refractivity (Wildman–Crippen MR) is 38.0 cm³/mol. The minimum absolute atomic E-state index is 0.00167. The first-order valence-electron chi connectivity index (χ1n) is 3.15. The molecule has 0 aliphatic carbocycles. The van der Waals surface area contributed by atoms with Gasteiger partial charge in [-0.05, 0) is 0 Å². The van der Waals surface area contributed by atoms with Crippen LogP contribution in [0.5, 0.6) is 0 Å². The molecule has 0 aromatic heterocycles. The fraction of sp³-hybridized carbons (Fsp3) is 0.833. The normalized spacial score (nSPS) is 13.5. The Morgan fingerprint density at radius 3 is 2.09 bits per heavy atom. The average molecular weight is 163 g/mol. The molecule has 0 heterocycles. The molecule has 0 amide bonds. The summed E-state index contributed by atoms with van der Waals surface area (Å²) in [6, 6.07) is 0. The maximum Gasteiger partial charge on any atom is 0.312 e. The molecule has 1 atom stereocenters. The van der Waals surface area contributed by atoms with E-state index in [4.69, 9.17) is 20.3 Å². The standard InChI is InChI=1S/C6H13NO4/c1-10-6(11-2)4(3-7)5(8)9/h4,6H,3,7H2,1-2H3,(H,8,9). The van der Waals surface area contributed by atoms with E-state index in [-0.39, 0.29) is 6.54 Å². The van der Waals surface area contributed by atoms with E-state index in [2.05, 4.69) is 0 Å². The number of hydrogen-bond donors (Lipinski definition) is 2. The Kier molecular flexibility index (Phi) is 4.76. The molecule has 0 aromatic rings. The van der Waals surface area contributed by atoms with Gasteiger partial charge in [-0.2, -0.15) is 0 Å². The second-order valence-electron chi connectivity index (χ2n) is 2.02. The van der Waals surface area contributed by atoms with Crippen LogP contribution in [0.15, 0.2) is 0 Å². The van der Waals surface area contributed by atoms with E-state index >= 15 is 0 Å². The number of rotatable bonds is 5. The number of hydrogen-bond acceptors (Lipinski definition) is 4. The summed E-state index contributed by atoms with van der Waals surface area (Å²) in [7, 11) is 2.75. The zero-order valence-corrected chi connectivity index (χ0v) is 6.61. The molecule has 0 aliphatic rings. The van der Waals surface area contributed by atoms with Gasteiger partial charge in [0.05, 0.1) is 0 Å². The van der Waals surface area contributed by atoms with Gasteiger partial charge in [0, 0.05) is 20.8 Å². The van der Waals surface area contributed by atoms with E-state index in [1.54, 1.807) is 0 Å². The van der Waals surface area contributed by atoms with Crippen molar-refractivity contribution in [3.05, 3.63) is 0 Å². The van der Waals surface area contributed by atoms with Gasteiger partial charge in [0.1, 0.15) is 5.92 Å². The first-order valence-corrected chi connectivity index (χ1v) is 3.15. The number of carbonyl (C=O) groups is 1. The Labute approximate surface area is 65.1 Å². The third kappa shape index (κ3) is 2.83. The quantitative estimate of drug-likeness (QED) is 0.522. The fourth-order valence-electron chi connectivity index (χ4n) is 0.753. The van der Waals surface area contributed by atoms with Crippen LogP contribution in [0.4, 0.5) is 0 Å². The van der Waals surface area contributed by atoms with Gasteiger partial charge >= 0.3 is 5.97 Å². The maximum absolute atomic E-state index is 10.4. The van der Waals surface area contributed by atoms with Crippen molar-refractivity contribution in [2.24, 2.45) is 11.7 Å². The van der Waals surface area contributed by atoms with Crippen LogP contribution in [-0.2, 0) is 14.3 Å². The van der Waals surface area contributed by atoms with E-state index in [1.807, 2.05) is 0 Å². The van der Waals surface area contributed by atoms with Crippen LogP contribution >= 0.6 is 0 Å². The maximum atomic E-state index is 10.4. The van der Waals surface area contributed by atoms with Crippen LogP contribution in [0.1, 0.15) is 0 Å². The van der Waals surface area contributed by atoms with E-state index in [1.165, 1.54) is 14.2 Å². The molecular weight excluding hydrogens is 150 g/mol. The molecule has 0 bridgehead atoms.